The summed E-state index contributed by atoms with van der Waals surface area (Å²) in [5, 5.41) is 11.1. The minimum atomic E-state index is -0.746. The molecule has 3 rings (SSSR count). The molecule has 0 unspecified atom stereocenters. The fourth-order valence-electron chi connectivity index (χ4n) is 1.90. The van der Waals surface area contributed by atoms with E-state index in [1.807, 2.05) is 17.5 Å². The third-order valence-electron chi connectivity index (χ3n) is 3.04. The van der Waals surface area contributed by atoms with Crippen LogP contribution in [0.4, 0.5) is 20.6 Å². The van der Waals surface area contributed by atoms with Crippen molar-refractivity contribution < 1.29 is 18.4 Å². The lowest BCUT2D eigenvalue weighted by atomic mass is 10.2. The van der Waals surface area contributed by atoms with Crippen molar-refractivity contribution in [3.05, 3.63) is 47.4 Å². The lowest BCUT2D eigenvalue weighted by Gasteiger charge is -2.08. The van der Waals surface area contributed by atoms with E-state index in [1.54, 1.807) is 0 Å². The SMILES string of the molecule is COC(=O)Nc1cc(NCc2noc(-c3cccs3)n2)ccc1F. The molecule has 2 heterocycles. The summed E-state index contributed by atoms with van der Waals surface area (Å²) in [7, 11) is 1.21. The van der Waals surface area contributed by atoms with Crippen molar-refractivity contribution in [1.29, 1.82) is 0 Å². The van der Waals surface area contributed by atoms with Crippen molar-refractivity contribution in [2.45, 2.75) is 6.54 Å². The summed E-state index contributed by atoms with van der Waals surface area (Å²) >= 11 is 1.50. The van der Waals surface area contributed by atoms with E-state index in [2.05, 4.69) is 25.5 Å². The molecule has 9 heteroatoms. The van der Waals surface area contributed by atoms with E-state index in [4.69, 9.17) is 4.52 Å². The van der Waals surface area contributed by atoms with Gasteiger partial charge in [0, 0.05) is 5.69 Å². The number of anilines is 2. The Balaban J connectivity index is 1.66. The van der Waals surface area contributed by atoms with Gasteiger partial charge in [-0.2, -0.15) is 4.98 Å². The average molecular weight is 348 g/mol. The average Bonchev–Trinajstić information content (AvgIpc) is 3.26. The van der Waals surface area contributed by atoms with Crippen LogP contribution in [0.1, 0.15) is 5.82 Å². The van der Waals surface area contributed by atoms with Gasteiger partial charge >= 0.3 is 6.09 Å². The number of rotatable bonds is 5. The number of methoxy groups -OCH3 is 1. The molecule has 7 nitrogen and oxygen atoms in total. The highest BCUT2D eigenvalue weighted by molar-refractivity contribution is 7.13. The van der Waals surface area contributed by atoms with Gasteiger partial charge < -0.3 is 14.6 Å². The molecule has 0 fully saturated rings. The largest absolute Gasteiger partial charge is 0.453 e. The first-order valence-electron chi connectivity index (χ1n) is 6.90. The zero-order chi connectivity index (χ0) is 16.9. The highest BCUT2D eigenvalue weighted by Crippen LogP contribution is 2.23. The quantitative estimate of drug-likeness (QED) is 0.730. The van der Waals surface area contributed by atoms with Crippen molar-refractivity contribution in [2.24, 2.45) is 0 Å². The maximum atomic E-state index is 13.7. The Morgan fingerprint density at radius 2 is 2.29 bits per heavy atom. The topological polar surface area (TPSA) is 89.3 Å². The van der Waals surface area contributed by atoms with Gasteiger partial charge in [-0.05, 0) is 29.6 Å². The molecule has 0 spiro atoms. The van der Waals surface area contributed by atoms with E-state index in [-0.39, 0.29) is 12.2 Å². The van der Waals surface area contributed by atoms with Crippen LogP contribution >= 0.6 is 11.3 Å². The van der Waals surface area contributed by atoms with Crippen molar-refractivity contribution >= 4 is 28.8 Å². The molecule has 3 aromatic rings. The van der Waals surface area contributed by atoms with Crippen LogP contribution in [-0.2, 0) is 11.3 Å². The Bertz CT molecular complexity index is 835. The predicted molar refractivity (Wildman–Crippen MR) is 87.4 cm³/mol. The summed E-state index contributed by atoms with van der Waals surface area (Å²) < 4.78 is 23.3. The Morgan fingerprint density at radius 3 is 3.04 bits per heavy atom. The smallest absolute Gasteiger partial charge is 0.411 e. The van der Waals surface area contributed by atoms with Gasteiger partial charge in [-0.1, -0.05) is 11.2 Å². The lowest BCUT2D eigenvalue weighted by molar-refractivity contribution is 0.187. The molecule has 0 saturated carbocycles. The first-order chi connectivity index (χ1) is 11.7. The molecule has 0 aliphatic carbocycles. The molecule has 124 valence electrons. The first kappa shape index (κ1) is 15.9. The summed E-state index contributed by atoms with van der Waals surface area (Å²) in [4.78, 5) is 16.4. The summed E-state index contributed by atoms with van der Waals surface area (Å²) in [5.74, 6) is 0.352. The molecule has 0 atom stereocenters. The fraction of sp³-hybridized carbons (Fsp3) is 0.133. The van der Waals surface area contributed by atoms with E-state index < -0.39 is 11.9 Å². The van der Waals surface area contributed by atoms with Crippen LogP contribution in [0.25, 0.3) is 10.8 Å². The van der Waals surface area contributed by atoms with E-state index >= 15 is 0 Å². The Kier molecular flexibility index (Phi) is 4.71. The summed E-state index contributed by atoms with van der Waals surface area (Å²) in [6.45, 7) is 0.290. The highest BCUT2D eigenvalue weighted by atomic mass is 32.1. The summed E-state index contributed by atoms with van der Waals surface area (Å²) in [6, 6.07) is 8.02. The van der Waals surface area contributed by atoms with Gasteiger partial charge in [-0.25, -0.2) is 9.18 Å². The zero-order valence-corrected chi connectivity index (χ0v) is 13.4. The molecule has 2 aromatic heterocycles. The predicted octanol–water partition coefficient (Wildman–Crippen LogP) is 3.73. The van der Waals surface area contributed by atoms with E-state index in [9.17, 15) is 9.18 Å². The molecule has 1 aromatic carbocycles. The number of thiophene rings is 1. The number of ether oxygens (including phenoxy) is 1. The van der Waals surface area contributed by atoms with Crippen LogP contribution in [0.5, 0.6) is 0 Å². The van der Waals surface area contributed by atoms with Gasteiger partial charge in [0.2, 0.25) is 0 Å². The fourth-order valence-corrected chi connectivity index (χ4v) is 2.54. The van der Waals surface area contributed by atoms with Gasteiger partial charge in [0.05, 0.1) is 24.2 Å². The molecular weight excluding hydrogens is 335 g/mol. The standard InChI is InChI=1S/C15H13FN4O3S/c1-22-15(21)18-11-7-9(4-5-10(11)16)17-8-13-19-14(23-20-13)12-3-2-6-24-12/h2-7,17H,8H2,1H3,(H,18,21). The second-order valence-electron chi connectivity index (χ2n) is 4.66. The van der Waals surface area contributed by atoms with E-state index in [1.165, 1.54) is 36.6 Å². The number of hydrogen-bond donors (Lipinski definition) is 2. The minimum Gasteiger partial charge on any atom is -0.453 e. The van der Waals surface area contributed by atoms with Gasteiger partial charge in [-0.15, -0.1) is 11.3 Å². The Hall–Kier alpha value is -2.94. The van der Waals surface area contributed by atoms with Crippen LogP contribution in [-0.4, -0.2) is 23.3 Å². The molecule has 24 heavy (non-hydrogen) atoms. The number of hydrogen-bond acceptors (Lipinski definition) is 7. The van der Waals surface area contributed by atoms with Gasteiger partial charge in [0.1, 0.15) is 5.82 Å². The minimum absolute atomic E-state index is 0.0132. The third kappa shape index (κ3) is 3.69. The number of nitrogens with one attached hydrogen (secondary N) is 2. The van der Waals surface area contributed by atoms with Gasteiger partial charge in [0.25, 0.3) is 5.89 Å². The summed E-state index contributed by atoms with van der Waals surface area (Å²) in [5.41, 5.74) is 0.601. The second kappa shape index (κ2) is 7.09. The molecule has 0 radical (unpaired) electrons. The van der Waals surface area contributed by atoms with Gasteiger partial charge in [-0.3, -0.25) is 5.32 Å². The Morgan fingerprint density at radius 1 is 1.42 bits per heavy atom. The van der Waals surface area contributed by atoms with Crippen molar-refractivity contribution in [3.63, 3.8) is 0 Å². The van der Waals surface area contributed by atoms with Crippen LogP contribution in [0.2, 0.25) is 0 Å². The molecular formula is C15H13FN4O3S. The number of carbonyl (C=O) groups excluding carboxylic acids is 1. The number of aromatic nitrogens is 2. The maximum absolute atomic E-state index is 13.7. The first-order valence-corrected chi connectivity index (χ1v) is 7.78. The number of nitrogens with zero attached hydrogens (tertiary/aromatic N) is 2. The van der Waals surface area contributed by atoms with Crippen LogP contribution in [0.15, 0.2) is 40.2 Å². The monoisotopic (exact) mass is 348 g/mol. The van der Waals surface area contributed by atoms with Crippen molar-refractivity contribution in [1.82, 2.24) is 10.1 Å². The van der Waals surface area contributed by atoms with Crippen LogP contribution in [0, 0.1) is 5.82 Å². The summed E-state index contributed by atoms with van der Waals surface area (Å²) in [6.07, 6.45) is -0.746. The van der Waals surface area contributed by atoms with Crippen molar-refractivity contribution in [3.8, 4) is 10.8 Å². The number of carbonyl (C=O) groups is 1. The molecule has 0 aliphatic rings. The van der Waals surface area contributed by atoms with Crippen molar-refractivity contribution in [2.75, 3.05) is 17.7 Å². The molecule has 0 bridgehead atoms. The van der Waals surface area contributed by atoms with E-state index in [0.717, 1.165) is 4.88 Å². The molecule has 2 N–H and O–H groups in total. The maximum Gasteiger partial charge on any atom is 0.411 e. The highest BCUT2D eigenvalue weighted by Gasteiger charge is 2.11. The van der Waals surface area contributed by atoms with E-state index in [0.29, 0.717) is 17.4 Å². The third-order valence-corrected chi connectivity index (χ3v) is 3.90. The normalized spacial score (nSPS) is 10.4. The molecule has 1 amide bonds. The van der Waals surface area contributed by atoms with Gasteiger partial charge in [0.15, 0.2) is 5.82 Å². The number of amides is 1. The Labute approximate surface area is 140 Å². The zero-order valence-electron chi connectivity index (χ0n) is 12.6. The molecule has 0 saturated heterocycles. The second-order valence-corrected chi connectivity index (χ2v) is 5.61. The number of halogens is 1. The van der Waals surface area contributed by atoms with Crippen LogP contribution in [0.3, 0.4) is 0 Å². The number of benzene rings is 1. The van der Waals surface area contributed by atoms with Crippen LogP contribution < -0.4 is 10.6 Å². The molecule has 0 aliphatic heterocycles. The lowest BCUT2D eigenvalue weighted by Crippen LogP contribution is -2.12.